The van der Waals surface area contributed by atoms with E-state index < -0.39 is 0 Å². The van der Waals surface area contributed by atoms with E-state index in [0.29, 0.717) is 0 Å². The number of aliphatic imine (C=N–C) groups is 1. The first-order chi connectivity index (χ1) is 12.4. The monoisotopic (exact) mass is 471 g/mol. The first-order valence-corrected chi connectivity index (χ1v) is 9.40. The van der Waals surface area contributed by atoms with Gasteiger partial charge in [0, 0.05) is 32.3 Å². The maximum Gasteiger partial charge on any atom is 0.191 e. The lowest BCUT2D eigenvalue weighted by Crippen LogP contribution is -2.39. The van der Waals surface area contributed by atoms with Gasteiger partial charge in [-0.1, -0.05) is 12.5 Å². The summed E-state index contributed by atoms with van der Waals surface area (Å²) >= 11 is 0. The number of rotatable bonds is 7. The fraction of sp³-hybridized carbons (Fsp3) is 0.611. The fourth-order valence-electron chi connectivity index (χ4n) is 3.18. The Labute approximate surface area is 172 Å². The maximum absolute atomic E-state index is 4.70. The summed E-state index contributed by atoms with van der Waals surface area (Å²) in [5.74, 6) is 1.85. The van der Waals surface area contributed by atoms with Crippen LogP contribution in [0.1, 0.15) is 32.0 Å². The minimum absolute atomic E-state index is 0. The lowest BCUT2D eigenvalue weighted by Gasteiger charge is -2.25. The largest absolute Gasteiger partial charge is 0.357 e. The molecule has 0 spiro atoms. The van der Waals surface area contributed by atoms with E-state index in [4.69, 9.17) is 4.99 Å². The zero-order chi connectivity index (χ0) is 17.3. The number of fused-ring (bicyclic) bond motifs is 1. The summed E-state index contributed by atoms with van der Waals surface area (Å²) < 4.78 is 2.03. The topological polar surface area (TPSA) is 69.8 Å². The van der Waals surface area contributed by atoms with Crippen LogP contribution in [-0.2, 0) is 6.42 Å². The highest BCUT2D eigenvalue weighted by atomic mass is 127. The van der Waals surface area contributed by atoms with Gasteiger partial charge in [-0.2, -0.15) is 0 Å². The molecule has 0 aromatic carbocycles. The third-order valence-corrected chi connectivity index (χ3v) is 4.50. The summed E-state index contributed by atoms with van der Waals surface area (Å²) in [6.07, 6.45) is 6.84. The SMILES string of the molecule is CCNC(=NCCN1CCCCC1)NCCc1nnc2ccccn12.I. The highest BCUT2D eigenvalue weighted by Gasteiger charge is 2.09. The van der Waals surface area contributed by atoms with Gasteiger partial charge in [0.15, 0.2) is 11.6 Å². The lowest BCUT2D eigenvalue weighted by atomic mass is 10.1. The Morgan fingerprint density at radius 3 is 2.81 bits per heavy atom. The molecule has 0 bridgehead atoms. The van der Waals surface area contributed by atoms with Gasteiger partial charge in [0.1, 0.15) is 5.82 Å². The maximum atomic E-state index is 4.70. The van der Waals surface area contributed by atoms with Crippen LogP contribution >= 0.6 is 24.0 Å². The average molecular weight is 471 g/mol. The number of hydrogen-bond donors (Lipinski definition) is 2. The van der Waals surface area contributed by atoms with E-state index in [-0.39, 0.29) is 24.0 Å². The standard InChI is InChI=1S/C18H29N7.HI/c1-2-19-18(21-11-15-24-12-5-3-6-13-24)20-10-9-17-23-22-16-8-4-7-14-25(16)17;/h4,7-8,14H,2-3,5-6,9-13,15H2,1H3,(H2,19,20,21);1H. The summed E-state index contributed by atoms with van der Waals surface area (Å²) in [6, 6.07) is 5.94. The molecule has 0 aliphatic carbocycles. The Morgan fingerprint density at radius 2 is 2.00 bits per heavy atom. The van der Waals surface area contributed by atoms with Crippen LogP contribution in [0.5, 0.6) is 0 Å². The minimum Gasteiger partial charge on any atom is -0.357 e. The molecule has 0 atom stereocenters. The van der Waals surface area contributed by atoms with E-state index in [1.807, 2.05) is 28.8 Å². The molecule has 0 saturated carbocycles. The third-order valence-electron chi connectivity index (χ3n) is 4.50. The van der Waals surface area contributed by atoms with Crippen LogP contribution in [0, 0.1) is 0 Å². The van der Waals surface area contributed by atoms with E-state index in [1.54, 1.807) is 0 Å². The number of piperidine rings is 1. The highest BCUT2D eigenvalue weighted by Crippen LogP contribution is 2.07. The van der Waals surface area contributed by atoms with Crippen LogP contribution in [0.25, 0.3) is 5.65 Å². The van der Waals surface area contributed by atoms with E-state index in [9.17, 15) is 0 Å². The molecule has 0 amide bonds. The van der Waals surface area contributed by atoms with Gasteiger partial charge in [0.25, 0.3) is 0 Å². The van der Waals surface area contributed by atoms with Crippen molar-refractivity contribution in [3.63, 3.8) is 0 Å². The molecule has 2 aromatic rings. The number of likely N-dealkylation sites (tertiary alicyclic amines) is 1. The van der Waals surface area contributed by atoms with Crippen molar-refractivity contribution in [2.45, 2.75) is 32.6 Å². The first kappa shape index (κ1) is 20.9. The van der Waals surface area contributed by atoms with E-state index in [2.05, 4.69) is 32.7 Å². The predicted molar refractivity (Wildman–Crippen MR) is 116 cm³/mol. The van der Waals surface area contributed by atoms with Gasteiger partial charge in [-0.05, 0) is 45.0 Å². The van der Waals surface area contributed by atoms with Crippen molar-refractivity contribution in [3.05, 3.63) is 30.2 Å². The van der Waals surface area contributed by atoms with E-state index in [1.165, 1.54) is 32.4 Å². The van der Waals surface area contributed by atoms with Crippen LogP contribution in [0.4, 0.5) is 0 Å². The molecule has 0 unspecified atom stereocenters. The van der Waals surface area contributed by atoms with Gasteiger partial charge >= 0.3 is 0 Å². The molecule has 2 aromatic heterocycles. The average Bonchev–Trinajstić information content (AvgIpc) is 3.06. The summed E-state index contributed by atoms with van der Waals surface area (Å²) in [4.78, 5) is 7.21. The molecular formula is C18H30IN7. The van der Waals surface area contributed by atoms with Crippen molar-refractivity contribution in [3.8, 4) is 0 Å². The molecule has 0 radical (unpaired) electrons. The number of nitrogens with one attached hydrogen (secondary N) is 2. The van der Waals surface area contributed by atoms with Crippen molar-refractivity contribution in [1.29, 1.82) is 0 Å². The number of halogens is 1. The van der Waals surface area contributed by atoms with Crippen molar-refractivity contribution < 1.29 is 0 Å². The van der Waals surface area contributed by atoms with Crippen molar-refractivity contribution in [1.82, 2.24) is 30.1 Å². The highest BCUT2D eigenvalue weighted by molar-refractivity contribution is 14.0. The van der Waals surface area contributed by atoms with Gasteiger partial charge in [0.05, 0.1) is 6.54 Å². The normalized spacial score (nSPS) is 15.7. The van der Waals surface area contributed by atoms with Gasteiger partial charge in [-0.25, -0.2) is 0 Å². The number of pyridine rings is 1. The Kier molecular flexibility index (Phi) is 9.10. The molecule has 3 heterocycles. The molecule has 1 aliphatic heterocycles. The summed E-state index contributed by atoms with van der Waals surface area (Å²) in [7, 11) is 0. The Morgan fingerprint density at radius 1 is 1.15 bits per heavy atom. The number of aromatic nitrogens is 3. The summed E-state index contributed by atoms with van der Waals surface area (Å²) in [5.41, 5.74) is 0.889. The zero-order valence-electron chi connectivity index (χ0n) is 15.5. The quantitative estimate of drug-likeness (QED) is 0.367. The van der Waals surface area contributed by atoms with Crippen molar-refractivity contribution >= 4 is 35.6 Å². The summed E-state index contributed by atoms with van der Waals surface area (Å²) in [5, 5.41) is 15.2. The molecular weight excluding hydrogens is 441 g/mol. The van der Waals surface area contributed by atoms with Gasteiger partial charge < -0.3 is 15.5 Å². The van der Waals surface area contributed by atoms with Gasteiger partial charge in [-0.15, -0.1) is 34.2 Å². The third kappa shape index (κ3) is 6.08. The summed E-state index contributed by atoms with van der Waals surface area (Å²) in [6.45, 7) is 8.07. The molecule has 8 heteroatoms. The first-order valence-electron chi connectivity index (χ1n) is 9.40. The van der Waals surface area contributed by atoms with Gasteiger partial charge in [0.2, 0.25) is 0 Å². The molecule has 2 N–H and O–H groups in total. The van der Waals surface area contributed by atoms with Crippen LogP contribution in [0.15, 0.2) is 29.4 Å². The lowest BCUT2D eigenvalue weighted by molar-refractivity contribution is 0.235. The Bertz CT molecular complexity index is 679. The van der Waals surface area contributed by atoms with Crippen LogP contribution in [-0.4, -0.2) is 64.7 Å². The van der Waals surface area contributed by atoms with Crippen LogP contribution in [0.3, 0.4) is 0 Å². The number of nitrogens with zero attached hydrogens (tertiary/aromatic N) is 5. The predicted octanol–water partition coefficient (Wildman–Crippen LogP) is 1.93. The molecule has 3 rings (SSSR count). The zero-order valence-corrected chi connectivity index (χ0v) is 17.9. The van der Waals surface area contributed by atoms with Crippen molar-refractivity contribution in [2.24, 2.45) is 4.99 Å². The van der Waals surface area contributed by atoms with Crippen LogP contribution < -0.4 is 10.6 Å². The number of hydrogen-bond acceptors (Lipinski definition) is 4. The molecule has 1 fully saturated rings. The fourth-order valence-corrected chi connectivity index (χ4v) is 3.18. The van der Waals surface area contributed by atoms with Crippen molar-refractivity contribution in [2.75, 3.05) is 39.3 Å². The second-order valence-electron chi connectivity index (χ2n) is 6.38. The second-order valence-corrected chi connectivity index (χ2v) is 6.38. The van der Waals surface area contributed by atoms with Gasteiger partial charge in [-0.3, -0.25) is 9.39 Å². The smallest absolute Gasteiger partial charge is 0.191 e. The minimum atomic E-state index is 0. The molecule has 1 saturated heterocycles. The van der Waals surface area contributed by atoms with Crippen LogP contribution in [0.2, 0.25) is 0 Å². The molecule has 26 heavy (non-hydrogen) atoms. The second kappa shape index (κ2) is 11.3. The molecule has 144 valence electrons. The van der Waals surface area contributed by atoms with E-state index >= 15 is 0 Å². The molecule has 7 nitrogen and oxygen atoms in total. The molecule has 1 aliphatic rings. The number of guanidine groups is 1. The Balaban J connectivity index is 0.00000243. The van der Waals surface area contributed by atoms with E-state index in [0.717, 1.165) is 50.0 Å². The Hall–Kier alpha value is -1.42.